The van der Waals surface area contributed by atoms with Crippen molar-refractivity contribution in [1.29, 1.82) is 0 Å². The third-order valence-electron chi connectivity index (χ3n) is 2.59. The van der Waals surface area contributed by atoms with Crippen LogP contribution in [0.2, 0.25) is 0 Å². The summed E-state index contributed by atoms with van der Waals surface area (Å²) in [6.45, 7) is 4.18. The number of para-hydroxylation sites is 1. The number of urea groups is 1. The van der Waals surface area contributed by atoms with Gasteiger partial charge in [-0.2, -0.15) is 0 Å². The average molecular weight is 244 g/mol. The van der Waals surface area contributed by atoms with Crippen LogP contribution in [0.3, 0.4) is 0 Å². The van der Waals surface area contributed by atoms with Crippen molar-refractivity contribution >= 4 is 17.6 Å². The van der Waals surface area contributed by atoms with Gasteiger partial charge in [0, 0.05) is 11.8 Å². The zero-order valence-corrected chi connectivity index (χ0v) is 10.4. The van der Waals surface area contributed by atoms with Gasteiger partial charge in [-0.15, -0.1) is 0 Å². The molecule has 0 aliphatic rings. The summed E-state index contributed by atoms with van der Waals surface area (Å²) in [4.78, 5) is 11.8. The maximum absolute atomic E-state index is 11.8. The van der Waals surface area contributed by atoms with E-state index in [1.807, 2.05) is 24.3 Å². The van der Waals surface area contributed by atoms with E-state index in [0.717, 1.165) is 11.3 Å². The molecule has 0 aliphatic carbocycles. The van der Waals surface area contributed by atoms with Gasteiger partial charge in [-0.1, -0.05) is 32.0 Å². The van der Waals surface area contributed by atoms with Gasteiger partial charge < -0.3 is 9.73 Å². The molecular weight excluding hydrogens is 228 g/mol. The van der Waals surface area contributed by atoms with Gasteiger partial charge in [0.05, 0.1) is 6.26 Å². The largest absolute Gasteiger partial charge is 0.449 e. The Labute approximate surface area is 106 Å². The van der Waals surface area contributed by atoms with Crippen molar-refractivity contribution in [3.8, 4) is 0 Å². The highest BCUT2D eigenvalue weighted by molar-refractivity contribution is 5.99. The highest BCUT2D eigenvalue weighted by atomic mass is 16.3. The van der Waals surface area contributed by atoms with Crippen molar-refractivity contribution in [2.24, 2.45) is 0 Å². The molecule has 0 unspecified atom stereocenters. The van der Waals surface area contributed by atoms with Crippen molar-refractivity contribution in [3.63, 3.8) is 0 Å². The molecule has 18 heavy (non-hydrogen) atoms. The highest BCUT2D eigenvalue weighted by Crippen LogP contribution is 2.23. The van der Waals surface area contributed by atoms with Gasteiger partial charge in [-0.25, -0.2) is 4.79 Å². The lowest BCUT2D eigenvalue weighted by Gasteiger charge is -2.13. The van der Waals surface area contributed by atoms with Gasteiger partial charge in [0.2, 0.25) is 5.88 Å². The van der Waals surface area contributed by atoms with Crippen molar-refractivity contribution in [2.45, 2.75) is 19.8 Å². The minimum absolute atomic E-state index is 0.307. The first-order chi connectivity index (χ1) is 8.66. The van der Waals surface area contributed by atoms with Crippen LogP contribution in [-0.4, -0.2) is 6.03 Å². The Balaban J connectivity index is 2.07. The number of carbonyl (C=O) groups excluding carboxylic acids is 1. The molecule has 0 saturated carbocycles. The Kier molecular flexibility index (Phi) is 3.67. The smallest absolute Gasteiger partial charge is 0.326 e. The molecular formula is C14H16N2O2. The summed E-state index contributed by atoms with van der Waals surface area (Å²) < 4.78 is 5.05. The molecule has 0 bridgehead atoms. The van der Waals surface area contributed by atoms with Crippen LogP contribution in [0, 0.1) is 0 Å². The second-order valence-electron chi connectivity index (χ2n) is 4.30. The first-order valence-corrected chi connectivity index (χ1v) is 5.87. The Morgan fingerprint density at radius 1 is 1.11 bits per heavy atom. The van der Waals surface area contributed by atoms with Crippen LogP contribution in [0.4, 0.5) is 16.4 Å². The molecule has 4 heteroatoms. The van der Waals surface area contributed by atoms with Crippen LogP contribution >= 0.6 is 0 Å². The molecule has 0 spiro atoms. The molecule has 94 valence electrons. The van der Waals surface area contributed by atoms with E-state index < -0.39 is 0 Å². The highest BCUT2D eigenvalue weighted by Gasteiger charge is 2.09. The van der Waals surface area contributed by atoms with E-state index in [1.165, 1.54) is 6.26 Å². The van der Waals surface area contributed by atoms with Gasteiger partial charge in [-0.3, -0.25) is 5.32 Å². The van der Waals surface area contributed by atoms with E-state index in [0.29, 0.717) is 11.8 Å². The minimum Gasteiger partial charge on any atom is -0.449 e. The molecule has 4 nitrogen and oxygen atoms in total. The Morgan fingerprint density at radius 3 is 2.56 bits per heavy atom. The maximum atomic E-state index is 11.8. The van der Waals surface area contributed by atoms with Crippen LogP contribution in [0.5, 0.6) is 0 Å². The summed E-state index contributed by atoms with van der Waals surface area (Å²) in [7, 11) is 0. The third-order valence-corrected chi connectivity index (χ3v) is 2.59. The van der Waals surface area contributed by atoms with E-state index >= 15 is 0 Å². The number of hydrogen-bond acceptors (Lipinski definition) is 2. The summed E-state index contributed by atoms with van der Waals surface area (Å²) in [5.74, 6) is 0.777. The SMILES string of the molecule is CC(C)c1ccccc1NC(=O)Nc1ccco1. The Hall–Kier alpha value is -2.23. The average Bonchev–Trinajstić information content (AvgIpc) is 2.82. The number of hydrogen-bond donors (Lipinski definition) is 2. The zero-order valence-electron chi connectivity index (χ0n) is 10.4. The van der Waals surface area contributed by atoms with E-state index in [4.69, 9.17) is 4.42 Å². The number of benzene rings is 1. The number of furan rings is 1. The minimum atomic E-state index is -0.307. The molecule has 0 aliphatic heterocycles. The van der Waals surface area contributed by atoms with Crippen LogP contribution in [0.25, 0.3) is 0 Å². The van der Waals surface area contributed by atoms with Crippen molar-refractivity contribution in [1.82, 2.24) is 0 Å². The summed E-state index contributed by atoms with van der Waals surface area (Å²) in [5.41, 5.74) is 1.92. The van der Waals surface area contributed by atoms with Crippen LogP contribution in [-0.2, 0) is 0 Å². The summed E-state index contributed by atoms with van der Waals surface area (Å²) in [5, 5.41) is 5.44. The fraction of sp³-hybridized carbons (Fsp3) is 0.214. The molecule has 0 saturated heterocycles. The molecule has 2 rings (SSSR count). The normalized spacial score (nSPS) is 10.4. The number of nitrogens with one attached hydrogen (secondary N) is 2. The summed E-state index contributed by atoms with van der Waals surface area (Å²) in [6, 6.07) is 10.9. The van der Waals surface area contributed by atoms with Gasteiger partial charge in [-0.05, 0) is 23.6 Å². The van der Waals surface area contributed by atoms with Crippen LogP contribution < -0.4 is 10.6 Å². The lowest BCUT2D eigenvalue weighted by atomic mass is 10.0. The summed E-state index contributed by atoms with van der Waals surface area (Å²) in [6.07, 6.45) is 1.51. The van der Waals surface area contributed by atoms with Crippen molar-refractivity contribution < 1.29 is 9.21 Å². The predicted molar refractivity (Wildman–Crippen MR) is 71.9 cm³/mol. The standard InChI is InChI=1S/C14H16N2O2/c1-10(2)11-6-3-4-7-12(11)15-14(17)16-13-8-5-9-18-13/h3-10H,1-2H3,(H2,15,16,17). The predicted octanol–water partition coefficient (Wildman–Crippen LogP) is 4.05. The van der Waals surface area contributed by atoms with E-state index in [-0.39, 0.29) is 6.03 Å². The van der Waals surface area contributed by atoms with Crippen molar-refractivity contribution in [3.05, 3.63) is 48.2 Å². The fourth-order valence-electron chi connectivity index (χ4n) is 1.73. The topological polar surface area (TPSA) is 54.3 Å². The lowest BCUT2D eigenvalue weighted by Crippen LogP contribution is -2.20. The van der Waals surface area contributed by atoms with Gasteiger partial charge in [0.25, 0.3) is 0 Å². The monoisotopic (exact) mass is 244 g/mol. The maximum Gasteiger partial charge on any atom is 0.326 e. The summed E-state index contributed by atoms with van der Waals surface area (Å²) >= 11 is 0. The van der Waals surface area contributed by atoms with E-state index in [2.05, 4.69) is 24.5 Å². The molecule has 0 atom stereocenters. The first kappa shape index (κ1) is 12.2. The second-order valence-corrected chi connectivity index (χ2v) is 4.30. The molecule has 0 fully saturated rings. The van der Waals surface area contributed by atoms with E-state index in [1.54, 1.807) is 12.1 Å². The third kappa shape index (κ3) is 2.91. The number of amides is 2. The quantitative estimate of drug-likeness (QED) is 0.855. The molecule has 2 amide bonds. The van der Waals surface area contributed by atoms with Gasteiger partial charge in [0.15, 0.2) is 0 Å². The first-order valence-electron chi connectivity index (χ1n) is 5.87. The van der Waals surface area contributed by atoms with Crippen molar-refractivity contribution in [2.75, 3.05) is 10.6 Å². The number of anilines is 2. The fourth-order valence-corrected chi connectivity index (χ4v) is 1.73. The molecule has 2 N–H and O–H groups in total. The second kappa shape index (κ2) is 5.40. The molecule has 1 aromatic carbocycles. The molecule has 1 heterocycles. The molecule has 2 aromatic rings. The lowest BCUT2D eigenvalue weighted by molar-refractivity contribution is 0.261. The van der Waals surface area contributed by atoms with Gasteiger partial charge in [0.1, 0.15) is 0 Å². The Morgan fingerprint density at radius 2 is 1.89 bits per heavy atom. The van der Waals surface area contributed by atoms with Crippen LogP contribution in [0.15, 0.2) is 47.1 Å². The van der Waals surface area contributed by atoms with Gasteiger partial charge >= 0.3 is 6.03 Å². The molecule has 0 radical (unpaired) electrons. The molecule has 1 aromatic heterocycles. The number of rotatable bonds is 3. The van der Waals surface area contributed by atoms with E-state index in [9.17, 15) is 4.79 Å². The Bertz CT molecular complexity index is 518. The number of carbonyl (C=O) groups is 1. The van der Waals surface area contributed by atoms with Crippen LogP contribution in [0.1, 0.15) is 25.3 Å². The zero-order chi connectivity index (χ0) is 13.0.